The Balaban J connectivity index is 2.12. The molecule has 0 spiro atoms. The lowest BCUT2D eigenvalue weighted by Crippen LogP contribution is -2.18. The molecule has 1 unspecified atom stereocenters. The number of halogens is 1. The largest absolute Gasteiger partial charge is 0.484 e. The highest BCUT2D eigenvalue weighted by atomic mass is 35.5. The van der Waals surface area contributed by atoms with E-state index in [4.69, 9.17) is 22.1 Å². The van der Waals surface area contributed by atoms with Gasteiger partial charge in [-0.15, -0.1) is 0 Å². The fourth-order valence-electron chi connectivity index (χ4n) is 2.16. The molecule has 0 bridgehead atoms. The van der Waals surface area contributed by atoms with Gasteiger partial charge in [-0.2, -0.15) is 0 Å². The van der Waals surface area contributed by atoms with Crippen LogP contribution in [0, 0.1) is 0 Å². The molecule has 1 atom stereocenters. The maximum Gasteiger partial charge on any atom is 0.137 e. The van der Waals surface area contributed by atoms with Gasteiger partial charge in [0.25, 0.3) is 0 Å². The SMILES string of the molecule is CCCc1ccc(OC(CN)c2ccccc2Cl)cc1. The fourth-order valence-corrected chi connectivity index (χ4v) is 2.42. The summed E-state index contributed by atoms with van der Waals surface area (Å²) in [4.78, 5) is 0. The van der Waals surface area contributed by atoms with Crippen LogP contribution in [0.1, 0.15) is 30.6 Å². The number of rotatable bonds is 6. The van der Waals surface area contributed by atoms with Gasteiger partial charge >= 0.3 is 0 Å². The lowest BCUT2D eigenvalue weighted by atomic mass is 10.1. The van der Waals surface area contributed by atoms with E-state index in [0.717, 1.165) is 24.2 Å². The number of benzene rings is 2. The van der Waals surface area contributed by atoms with Crippen LogP contribution in [-0.2, 0) is 6.42 Å². The first-order valence-corrected chi connectivity index (χ1v) is 7.32. The van der Waals surface area contributed by atoms with Crippen LogP contribution in [0.5, 0.6) is 5.75 Å². The molecule has 0 aliphatic rings. The Hall–Kier alpha value is -1.51. The highest BCUT2D eigenvalue weighted by Crippen LogP contribution is 2.27. The lowest BCUT2D eigenvalue weighted by molar-refractivity contribution is 0.214. The van der Waals surface area contributed by atoms with E-state index in [2.05, 4.69) is 19.1 Å². The fraction of sp³-hybridized carbons (Fsp3) is 0.294. The molecule has 106 valence electrons. The second-order valence-corrected chi connectivity index (χ2v) is 5.16. The monoisotopic (exact) mass is 289 g/mol. The van der Waals surface area contributed by atoms with Crippen molar-refractivity contribution in [3.8, 4) is 5.75 Å². The average molecular weight is 290 g/mol. The number of ether oxygens (including phenoxy) is 1. The maximum atomic E-state index is 6.19. The molecule has 0 radical (unpaired) electrons. The predicted octanol–water partition coefficient (Wildman–Crippen LogP) is 4.37. The van der Waals surface area contributed by atoms with Gasteiger partial charge in [0.15, 0.2) is 0 Å². The summed E-state index contributed by atoms with van der Waals surface area (Å²) in [5.74, 6) is 0.820. The van der Waals surface area contributed by atoms with Crippen molar-refractivity contribution in [2.45, 2.75) is 25.9 Å². The minimum atomic E-state index is -0.222. The molecule has 0 aliphatic heterocycles. The quantitative estimate of drug-likeness (QED) is 0.857. The third kappa shape index (κ3) is 3.75. The van der Waals surface area contributed by atoms with Crippen molar-refractivity contribution in [3.63, 3.8) is 0 Å². The Bertz CT molecular complexity index is 539. The van der Waals surface area contributed by atoms with Gasteiger partial charge in [0.1, 0.15) is 11.9 Å². The summed E-state index contributed by atoms with van der Waals surface area (Å²) < 4.78 is 5.95. The first-order valence-electron chi connectivity index (χ1n) is 6.94. The maximum absolute atomic E-state index is 6.19. The molecule has 0 fully saturated rings. The zero-order valence-corrected chi connectivity index (χ0v) is 12.4. The molecule has 2 aromatic carbocycles. The Morgan fingerprint density at radius 2 is 1.80 bits per heavy atom. The highest BCUT2D eigenvalue weighted by molar-refractivity contribution is 6.31. The summed E-state index contributed by atoms with van der Waals surface area (Å²) in [6.45, 7) is 2.56. The zero-order valence-electron chi connectivity index (χ0n) is 11.7. The lowest BCUT2D eigenvalue weighted by Gasteiger charge is -2.19. The van der Waals surface area contributed by atoms with E-state index in [1.165, 1.54) is 5.56 Å². The summed E-state index contributed by atoms with van der Waals surface area (Å²) in [7, 11) is 0. The number of nitrogens with two attached hydrogens (primary N) is 1. The van der Waals surface area contributed by atoms with Gasteiger partial charge in [0.2, 0.25) is 0 Å². The van der Waals surface area contributed by atoms with E-state index >= 15 is 0 Å². The van der Waals surface area contributed by atoms with E-state index in [1.54, 1.807) is 0 Å². The molecule has 2 rings (SSSR count). The summed E-state index contributed by atoms with van der Waals surface area (Å²) in [5.41, 5.74) is 8.06. The third-order valence-corrected chi connectivity index (χ3v) is 3.55. The molecule has 2 aromatic rings. The van der Waals surface area contributed by atoms with Gasteiger partial charge in [-0.25, -0.2) is 0 Å². The molecular formula is C17H20ClNO. The van der Waals surface area contributed by atoms with Crippen LogP contribution in [0.15, 0.2) is 48.5 Å². The Kier molecular flexibility index (Phi) is 5.45. The van der Waals surface area contributed by atoms with Gasteiger partial charge in [-0.05, 0) is 30.2 Å². The minimum Gasteiger partial charge on any atom is -0.484 e. The van der Waals surface area contributed by atoms with Crippen LogP contribution in [-0.4, -0.2) is 6.54 Å². The molecule has 0 saturated carbocycles. The van der Waals surface area contributed by atoms with Gasteiger partial charge < -0.3 is 10.5 Å². The first kappa shape index (κ1) is 14.9. The van der Waals surface area contributed by atoms with Crippen molar-refractivity contribution < 1.29 is 4.74 Å². The van der Waals surface area contributed by atoms with Crippen LogP contribution >= 0.6 is 11.6 Å². The summed E-state index contributed by atoms with van der Waals surface area (Å²) >= 11 is 6.19. The van der Waals surface area contributed by atoms with E-state index in [9.17, 15) is 0 Å². The average Bonchev–Trinajstić information content (AvgIpc) is 2.48. The second-order valence-electron chi connectivity index (χ2n) is 4.76. The van der Waals surface area contributed by atoms with E-state index in [1.807, 2.05) is 36.4 Å². The number of hydrogen-bond donors (Lipinski definition) is 1. The molecule has 3 heteroatoms. The van der Waals surface area contributed by atoms with Crippen molar-refractivity contribution in [3.05, 3.63) is 64.7 Å². The standard InChI is InChI=1S/C17H20ClNO/c1-2-5-13-8-10-14(11-9-13)20-17(12-19)15-6-3-4-7-16(15)18/h3-4,6-11,17H,2,5,12,19H2,1H3. The van der Waals surface area contributed by atoms with Gasteiger partial charge in [0.05, 0.1) is 0 Å². The van der Waals surface area contributed by atoms with Crippen molar-refractivity contribution in [1.82, 2.24) is 0 Å². The summed E-state index contributed by atoms with van der Waals surface area (Å²) in [5, 5.41) is 0.686. The minimum absolute atomic E-state index is 0.222. The predicted molar refractivity (Wildman–Crippen MR) is 84.3 cm³/mol. The van der Waals surface area contributed by atoms with Crippen LogP contribution in [0.3, 0.4) is 0 Å². The second kappa shape index (κ2) is 7.32. The molecule has 0 saturated heterocycles. The number of hydrogen-bond acceptors (Lipinski definition) is 2. The van der Waals surface area contributed by atoms with Crippen LogP contribution in [0.2, 0.25) is 5.02 Å². The number of aryl methyl sites for hydroxylation is 1. The molecule has 0 amide bonds. The van der Waals surface area contributed by atoms with Crippen molar-refractivity contribution >= 4 is 11.6 Å². The zero-order chi connectivity index (χ0) is 14.4. The van der Waals surface area contributed by atoms with E-state index in [-0.39, 0.29) is 6.10 Å². The molecule has 20 heavy (non-hydrogen) atoms. The van der Waals surface area contributed by atoms with Gasteiger partial charge in [0, 0.05) is 17.1 Å². The summed E-state index contributed by atoms with van der Waals surface area (Å²) in [6.07, 6.45) is 2.01. The van der Waals surface area contributed by atoms with Crippen molar-refractivity contribution in [2.75, 3.05) is 6.54 Å². The third-order valence-electron chi connectivity index (χ3n) is 3.21. The Morgan fingerprint density at radius 3 is 2.40 bits per heavy atom. The first-order chi connectivity index (χ1) is 9.74. The van der Waals surface area contributed by atoms with E-state index < -0.39 is 0 Å². The Labute approximate surface area is 125 Å². The van der Waals surface area contributed by atoms with Crippen molar-refractivity contribution in [2.24, 2.45) is 5.73 Å². The normalized spacial score (nSPS) is 12.2. The van der Waals surface area contributed by atoms with Crippen LogP contribution in [0.25, 0.3) is 0 Å². The molecule has 0 aliphatic carbocycles. The van der Waals surface area contributed by atoms with Crippen LogP contribution < -0.4 is 10.5 Å². The van der Waals surface area contributed by atoms with Gasteiger partial charge in [-0.1, -0.05) is 55.3 Å². The molecule has 2 N–H and O–H groups in total. The van der Waals surface area contributed by atoms with E-state index in [0.29, 0.717) is 11.6 Å². The molecule has 0 aromatic heterocycles. The molecule has 2 nitrogen and oxygen atoms in total. The smallest absolute Gasteiger partial charge is 0.137 e. The molecule has 0 heterocycles. The van der Waals surface area contributed by atoms with Gasteiger partial charge in [-0.3, -0.25) is 0 Å². The molecular weight excluding hydrogens is 270 g/mol. The van der Waals surface area contributed by atoms with Crippen LogP contribution in [0.4, 0.5) is 0 Å². The summed E-state index contributed by atoms with van der Waals surface area (Å²) in [6, 6.07) is 15.8. The van der Waals surface area contributed by atoms with Crippen molar-refractivity contribution in [1.29, 1.82) is 0 Å². The topological polar surface area (TPSA) is 35.2 Å². The Morgan fingerprint density at radius 1 is 1.10 bits per heavy atom. The highest BCUT2D eigenvalue weighted by Gasteiger charge is 2.14.